The first-order valence-corrected chi connectivity index (χ1v) is 5.90. The molecule has 1 heterocycles. The molecule has 0 saturated carbocycles. The van der Waals surface area contributed by atoms with E-state index < -0.39 is 0 Å². The Bertz CT molecular complexity index is 377. The quantitative estimate of drug-likeness (QED) is 0.790. The number of hydrogen-bond acceptors (Lipinski definition) is 4. The fraction of sp³-hybridized carbons (Fsp3) is 0.538. The highest BCUT2D eigenvalue weighted by atomic mass is 16.5. The summed E-state index contributed by atoms with van der Waals surface area (Å²) >= 11 is 0. The number of rotatable bonds is 5. The first-order valence-electron chi connectivity index (χ1n) is 5.90. The summed E-state index contributed by atoms with van der Waals surface area (Å²) in [5.74, 6) is 0.835. The summed E-state index contributed by atoms with van der Waals surface area (Å²) in [7, 11) is 0. The van der Waals surface area contributed by atoms with Gasteiger partial charge in [-0.2, -0.15) is 0 Å². The predicted octanol–water partition coefficient (Wildman–Crippen LogP) is 0.673. The third-order valence-corrected chi connectivity index (χ3v) is 3.35. The molecule has 0 bridgehead atoms. The second kappa shape index (κ2) is 5.04. The lowest BCUT2D eigenvalue weighted by molar-refractivity contribution is -0.0798. The molecule has 1 fully saturated rings. The fourth-order valence-electron chi connectivity index (χ4n) is 2.15. The highest BCUT2D eigenvalue weighted by Crippen LogP contribution is 2.36. The fourth-order valence-corrected chi connectivity index (χ4v) is 2.15. The van der Waals surface area contributed by atoms with E-state index in [1.54, 1.807) is 0 Å². The number of aliphatic hydroxyl groups excluding tert-OH is 1. The van der Waals surface area contributed by atoms with Crippen molar-refractivity contribution in [2.45, 2.75) is 18.4 Å². The number of ether oxygens (including phenoxy) is 2. The van der Waals surface area contributed by atoms with Gasteiger partial charge in [-0.05, 0) is 24.6 Å². The van der Waals surface area contributed by atoms with Gasteiger partial charge in [-0.15, -0.1) is 0 Å². The van der Waals surface area contributed by atoms with E-state index in [9.17, 15) is 5.11 Å². The zero-order chi connectivity index (χ0) is 12.3. The van der Waals surface area contributed by atoms with Gasteiger partial charge in [0, 0.05) is 6.04 Å². The molecule has 3 N–H and O–H groups in total. The minimum atomic E-state index is -0.298. The highest BCUT2D eigenvalue weighted by molar-refractivity contribution is 5.37. The smallest absolute Gasteiger partial charge is 0.119 e. The summed E-state index contributed by atoms with van der Waals surface area (Å²) in [5, 5.41) is 9.26. The average Bonchev–Trinajstić information content (AvgIpc) is 2.28. The highest BCUT2D eigenvalue weighted by Gasteiger charge is 2.45. The van der Waals surface area contributed by atoms with Gasteiger partial charge in [-0.3, -0.25) is 0 Å². The molecule has 1 aromatic carbocycles. The van der Waals surface area contributed by atoms with Crippen LogP contribution < -0.4 is 10.5 Å². The zero-order valence-electron chi connectivity index (χ0n) is 10.1. The first kappa shape index (κ1) is 12.4. The van der Waals surface area contributed by atoms with Crippen molar-refractivity contribution in [2.75, 3.05) is 26.4 Å². The lowest BCUT2D eigenvalue weighted by Gasteiger charge is -2.45. The lowest BCUT2D eigenvalue weighted by atomic mass is 9.73. The molecule has 1 aliphatic rings. The van der Waals surface area contributed by atoms with Gasteiger partial charge in [0.05, 0.1) is 31.8 Å². The van der Waals surface area contributed by atoms with Gasteiger partial charge in [0.25, 0.3) is 0 Å². The summed E-state index contributed by atoms with van der Waals surface area (Å²) in [6.07, 6.45) is 0. The minimum absolute atomic E-state index is 0.0395. The van der Waals surface area contributed by atoms with Crippen LogP contribution in [0.15, 0.2) is 24.3 Å². The van der Waals surface area contributed by atoms with E-state index in [1.807, 2.05) is 31.2 Å². The van der Waals surface area contributed by atoms with Gasteiger partial charge in [0.2, 0.25) is 0 Å². The van der Waals surface area contributed by atoms with E-state index in [0.717, 1.165) is 11.3 Å². The Morgan fingerprint density at radius 3 is 2.82 bits per heavy atom. The van der Waals surface area contributed by atoms with E-state index in [-0.39, 0.29) is 18.1 Å². The molecule has 0 radical (unpaired) electrons. The van der Waals surface area contributed by atoms with E-state index in [2.05, 4.69) is 0 Å². The van der Waals surface area contributed by atoms with Gasteiger partial charge < -0.3 is 20.3 Å². The standard InChI is InChI=1S/C13H19NO3/c1-2-17-11-5-3-4-10(6-11)13(8-16-9-13)12(14)7-15/h3-6,12,15H,2,7-9,14H2,1H3. The number of hydrogen-bond donors (Lipinski definition) is 2. The molecular weight excluding hydrogens is 218 g/mol. The van der Waals surface area contributed by atoms with Crippen LogP contribution >= 0.6 is 0 Å². The van der Waals surface area contributed by atoms with Crippen molar-refractivity contribution in [2.24, 2.45) is 5.73 Å². The summed E-state index contributed by atoms with van der Waals surface area (Å²) in [6.45, 7) is 3.67. The molecule has 1 aliphatic heterocycles. The van der Waals surface area contributed by atoms with E-state index >= 15 is 0 Å². The Morgan fingerprint density at radius 1 is 1.53 bits per heavy atom. The van der Waals surface area contributed by atoms with Crippen LogP contribution in [0.2, 0.25) is 0 Å². The summed E-state index contributed by atoms with van der Waals surface area (Å²) in [6, 6.07) is 7.57. The molecule has 17 heavy (non-hydrogen) atoms. The average molecular weight is 237 g/mol. The van der Waals surface area contributed by atoms with Crippen LogP contribution in [0.4, 0.5) is 0 Å². The third-order valence-electron chi connectivity index (χ3n) is 3.35. The maximum atomic E-state index is 9.26. The van der Waals surface area contributed by atoms with Crippen molar-refractivity contribution >= 4 is 0 Å². The van der Waals surface area contributed by atoms with Gasteiger partial charge in [-0.1, -0.05) is 12.1 Å². The molecule has 1 atom stereocenters. The SMILES string of the molecule is CCOc1cccc(C2(C(N)CO)COC2)c1. The zero-order valence-corrected chi connectivity index (χ0v) is 10.1. The Kier molecular flexibility index (Phi) is 3.66. The molecule has 0 amide bonds. The van der Waals surface area contributed by atoms with Crippen LogP contribution in [-0.4, -0.2) is 37.6 Å². The van der Waals surface area contributed by atoms with Crippen LogP contribution in [-0.2, 0) is 10.2 Å². The summed E-state index contributed by atoms with van der Waals surface area (Å²) < 4.78 is 10.8. The normalized spacial score (nSPS) is 19.5. The van der Waals surface area contributed by atoms with Crippen molar-refractivity contribution in [3.8, 4) is 5.75 Å². The predicted molar refractivity (Wildman–Crippen MR) is 65.2 cm³/mol. The Hall–Kier alpha value is -1.10. The molecule has 0 aliphatic carbocycles. The second-order valence-corrected chi connectivity index (χ2v) is 4.40. The van der Waals surface area contributed by atoms with Crippen LogP contribution in [0.5, 0.6) is 5.75 Å². The van der Waals surface area contributed by atoms with E-state index in [1.165, 1.54) is 0 Å². The molecule has 4 nitrogen and oxygen atoms in total. The van der Waals surface area contributed by atoms with Gasteiger partial charge in [0.15, 0.2) is 0 Å². The van der Waals surface area contributed by atoms with Gasteiger partial charge in [-0.25, -0.2) is 0 Å². The molecule has 1 aromatic rings. The molecule has 0 aromatic heterocycles. The third kappa shape index (κ3) is 2.16. The molecule has 4 heteroatoms. The number of benzene rings is 1. The number of aliphatic hydroxyl groups is 1. The van der Waals surface area contributed by atoms with Crippen LogP contribution in [0.25, 0.3) is 0 Å². The molecule has 1 unspecified atom stereocenters. The molecule has 94 valence electrons. The lowest BCUT2D eigenvalue weighted by Crippen LogP contribution is -2.60. The first-order chi connectivity index (χ1) is 8.23. The largest absolute Gasteiger partial charge is 0.494 e. The van der Waals surface area contributed by atoms with Crippen molar-refractivity contribution < 1.29 is 14.6 Å². The molecule has 1 saturated heterocycles. The Labute approximate surface area is 101 Å². The van der Waals surface area contributed by atoms with Crippen LogP contribution in [0, 0.1) is 0 Å². The Morgan fingerprint density at radius 2 is 2.29 bits per heavy atom. The maximum Gasteiger partial charge on any atom is 0.119 e. The van der Waals surface area contributed by atoms with Crippen molar-refractivity contribution in [3.63, 3.8) is 0 Å². The Balaban J connectivity index is 2.27. The van der Waals surface area contributed by atoms with E-state index in [0.29, 0.717) is 19.8 Å². The van der Waals surface area contributed by atoms with Crippen molar-refractivity contribution in [1.29, 1.82) is 0 Å². The van der Waals surface area contributed by atoms with E-state index in [4.69, 9.17) is 15.2 Å². The second-order valence-electron chi connectivity index (χ2n) is 4.40. The number of nitrogens with two attached hydrogens (primary N) is 1. The minimum Gasteiger partial charge on any atom is -0.494 e. The molecule has 2 rings (SSSR count). The van der Waals surface area contributed by atoms with Crippen LogP contribution in [0.1, 0.15) is 12.5 Å². The molecule has 0 spiro atoms. The topological polar surface area (TPSA) is 64.7 Å². The summed E-state index contributed by atoms with van der Waals surface area (Å²) in [5.41, 5.74) is 6.82. The van der Waals surface area contributed by atoms with Crippen molar-refractivity contribution in [3.05, 3.63) is 29.8 Å². The van der Waals surface area contributed by atoms with Crippen LogP contribution in [0.3, 0.4) is 0 Å². The summed E-state index contributed by atoms with van der Waals surface area (Å²) in [4.78, 5) is 0. The van der Waals surface area contributed by atoms with Gasteiger partial charge in [0.1, 0.15) is 5.75 Å². The molecular formula is C13H19NO3. The van der Waals surface area contributed by atoms with Crippen molar-refractivity contribution in [1.82, 2.24) is 0 Å². The maximum absolute atomic E-state index is 9.26. The van der Waals surface area contributed by atoms with Gasteiger partial charge >= 0.3 is 0 Å². The monoisotopic (exact) mass is 237 g/mol.